The van der Waals surface area contributed by atoms with Gasteiger partial charge in [-0.05, 0) is 39.0 Å². The number of carbonyl (C=O) groups excluding carboxylic acids is 1. The Morgan fingerprint density at radius 1 is 1.41 bits per heavy atom. The molecule has 1 amide bonds. The molecule has 17 heavy (non-hydrogen) atoms. The summed E-state index contributed by atoms with van der Waals surface area (Å²) in [7, 11) is 0. The van der Waals surface area contributed by atoms with E-state index in [1.807, 2.05) is 6.92 Å². The molecule has 0 aromatic carbocycles. The van der Waals surface area contributed by atoms with E-state index in [9.17, 15) is 9.90 Å². The number of nitrogens with zero attached hydrogens (tertiary/aromatic N) is 1. The van der Waals surface area contributed by atoms with Crippen LogP contribution in [0.1, 0.15) is 58.8 Å². The zero-order valence-corrected chi connectivity index (χ0v) is 11.1. The summed E-state index contributed by atoms with van der Waals surface area (Å²) >= 11 is 0. The molecule has 1 N–H and O–H groups in total. The van der Waals surface area contributed by atoms with Gasteiger partial charge in [-0.25, -0.2) is 0 Å². The third-order valence-corrected chi connectivity index (χ3v) is 4.47. The zero-order chi connectivity index (χ0) is 12.5. The molecule has 2 unspecified atom stereocenters. The van der Waals surface area contributed by atoms with E-state index in [1.54, 1.807) is 0 Å². The van der Waals surface area contributed by atoms with Crippen LogP contribution >= 0.6 is 0 Å². The van der Waals surface area contributed by atoms with Gasteiger partial charge in [-0.3, -0.25) is 4.79 Å². The van der Waals surface area contributed by atoms with Crippen molar-refractivity contribution < 1.29 is 9.90 Å². The van der Waals surface area contributed by atoms with Gasteiger partial charge in [-0.1, -0.05) is 19.8 Å². The standard InChI is InChI=1S/C14H25NO2/c1-11(16)10-12-6-5-9-15(12)13(17)14(2)7-3-4-8-14/h11-12,16H,3-10H2,1-2H3. The molecule has 1 heterocycles. The first-order valence-corrected chi connectivity index (χ1v) is 7.02. The molecule has 0 radical (unpaired) electrons. The summed E-state index contributed by atoms with van der Waals surface area (Å²) in [5, 5.41) is 9.50. The van der Waals surface area contributed by atoms with Crippen LogP contribution in [0.15, 0.2) is 0 Å². The Balaban J connectivity index is 2.02. The minimum atomic E-state index is -0.301. The third-order valence-electron chi connectivity index (χ3n) is 4.47. The van der Waals surface area contributed by atoms with E-state index in [-0.39, 0.29) is 17.6 Å². The predicted octanol–water partition coefficient (Wildman–Crippen LogP) is 2.33. The smallest absolute Gasteiger partial charge is 0.228 e. The average Bonchev–Trinajstić information content (AvgIpc) is 2.86. The highest BCUT2D eigenvalue weighted by Gasteiger charge is 2.42. The van der Waals surface area contributed by atoms with Crippen molar-refractivity contribution in [2.45, 2.75) is 70.9 Å². The highest BCUT2D eigenvalue weighted by atomic mass is 16.3. The van der Waals surface area contributed by atoms with Gasteiger partial charge >= 0.3 is 0 Å². The van der Waals surface area contributed by atoms with Crippen LogP contribution in [0.5, 0.6) is 0 Å². The molecule has 0 aromatic rings. The fourth-order valence-electron chi connectivity index (χ4n) is 3.46. The molecule has 1 saturated carbocycles. The molecule has 2 atom stereocenters. The van der Waals surface area contributed by atoms with Crippen LogP contribution in [0.25, 0.3) is 0 Å². The van der Waals surface area contributed by atoms with E-state index >= 15 is 0 Å². The van der Waals surface area contributed by atoms with E-state index < -0.39 is 0 Å². The Morgan fingerprint density at radius 2 is 2.06 bits per heavy atom. The minimum Gasteiger partial charge on any atom is -0.393 e. The number of aliphatic hydroxyl groups is 1. The molecular weight excluding hydrogens is 214 g/mol. The molecule has 98 valence electrons. The van der Waals surface area contributed by atoms with Crippen molar-refractivity contribution in [2.75, 3.05) is 6.54 Å². The first-order valence-electron chi connectivity index (χ1n) is 7.02. The monoisotopic (exact) mass is 239 g/mol. The molecule has 0 aromatic heterocycles. The topological polar surface area (TPSA) is 40.5 Å². The molecule has 1 saturated heterocycles. The third kappa shape index (κ3) is 2.65. The van der Waals surface area contributed by atoms with Crippen molar-refractivity contribution in [3.63, 3.8) is 0 Å². The van der Waals surface area contributed by atoms with Gasteiger partial charge in [0.2, 0.25) is 5.91 Å². The molecule has 1 aliphatic carbocycles. The Labute approximate surface area is 104 Å². The Kier molecular flexibility index (Phi) is 3.76. The lowest BCUT2D eigenvalue weighted by molar-refractivity contribution is -0.142. The molecule has 3 heteroatoms. The van der Waals surface area contributed by atoms with E-state index in [0.29, 0.717) is 5.91 Å². The number of likely N-dealkylation sites (tertiary alicyclic amines) is 1. The van der Waals surface area contributed by atoms with Crippen molar-refractivity contribution in [1.82, 2.24) is 4.90 Å². The minimum absolute atomic E-state index is 0.110. The second-order valence-electron chi connectivity index (χ2n) is 6.15. The second-order valence-corrected chi connectivity index (χ2v) is 6.15. The van der Waals surface area contributed by atoms with Crippen molar-refractivity contribution >= 4 is 5.91 Å². The van der Waals surface area contributed by atoms with Crippen LogP contribution in [0, 0.1) is 5.41 Å². The number of amides is 1. The number of hydrogen-bond donors (Lipinski definition) is 1. The maximum atomic E-state index is 12.6. The van der Waals surface area contributed by atoms with Gasteiger partial charge < -0.3 is 10.0 Å². The van der Waals surface area contributed by atoms with Crippen LogP contribution in [0.4, 0.5) is 0 Å². The molecule has 2 fully saturated rings. The van der Waals surface area contributed by atoms with Gasteiger partial charge in [-0.2, -0.15) is 0 Å². The predicted molar refractivity (Wildman–Crippen MR) is 67.6 cm³/mol. The summed E-state index contributed by atoms with van der Waals surface area (Å²) in [6, 6.07) is 0.278. The Hall–Kier alpha value is -0.570. The highest BCUT2D eigenvalue weighted by Crippen LogP contribution is 2.40. The van der Waals surface area contributed by atoms with Crippen molar-refractivity contribution in [1.29, 1.82) is 0 Å². The van der Waals surface area contributed by atoms with E-state index in [4.69, 9.17) is 0 Å². The van der Waals surface area contributed by atoms with Crippen LogP contribution in [0.3, 0.4) is 0 Å². The molecule has 1 aliphatic heterocycles. The first-order chi connectivity index (χ1) is 8.03. The van der Waals surface area contributed by atoms with Gasteiger partial charge in [0.1, 0.15) is 0 Å². The maximum Gasteiger partial charge on any atom is 0.228 e. The number of carbonyl (C=O) groups is 1. The molecule has 0 bridgehead atoms. The molecule has 2 rings (SSSR count). The molecular formula is C14H25NO2. The van der Waals surface area contributed by atoms with Crippen molar-refractivity contribution in [2.24, 2.45) is 5.41 Å². The summed E-state index contributed by atoms with van der Waals surface area (Å²) in [5.74, 6) is 0.346. The van der Waals surface area contributed by atoms with E-state index in [0.717, 1.165) is 38.6 Å². The first kappa shape index (κ1) is 12.9. The van der Waals surface area contributed by atoms with Gasteiger partial charge in [-0.15, -0.1) is 0 Å². The second kappa shape index (κ2) is 4.97. The average molecular weight is 239 g/mol. The SMILES string of the molecule is CC(O)CC1CCCN1C(=O)C1(C)CCCC1. The Morgan fingerprint density at radius 3 is 2.65 bits per heavy atom. The molecule has 3 nitrogen and oxygen atoms in total. The highest BCUT2D eigenvalue weighted by molar-refractivity contribution is 5.83. The van der Waals surface area contributed by atoms with E-state index in [1.165, 1.54) is 12.8 Å². The fourth-order valence-corrected chi connectivity index (χ4v) is 3.46. The summed E-state index contributed by atoms with van der Waals surface area (Å²) < 4.78 is 0. The largest absolute Gasteiger partial charge is 0.393 e. The van der Waals surface area contributed by atoms with Gasteiger partial charge in [0, 0.05) is 18.0 Å². The van der Waals surface area contributed by atoms with Gasteiger partial charge in [0.15, 0.2) is 0 Å². The number of aliphatic hydroxyl groups excluding tert-OH is 1. The normalized spacial score (nSPS) is 29.6. The fraction of sp³-hybridized carbons (Fsp3) is 0.929. The lowest BCUT2D eigenvalue weighted by atomic mass is 9.86. The summed E-state index contributed by atoms with van der Waals surface area (Å²) in [4.78, 5) is 14.7. The van der Waals surface area contributed by atoms with E-state index in [2.05, 4.69) is 11.8 Å². The lowest BCUT2D eigenvalue weighted by Crippen LogP contribution is -2.44. The zero-order valence-electron chi connectivity index (χ0n) is 11.1. The lowest BCUT2D eigenvalue weighted by Gasteiger charge is -2.33. The maximum absolute atomic E-state index is 12.6. The summed E-state index contributed by atoms with van der Waals surface area (Å²) in [5.41, 5.74) is -0.110. The van der Waals surface area contributed by atoms with Crippen molar-refractivity contribution in [3.05, 3.63) is 0 Å². The number of rotatable bonds is 3. The van der Waals surface area contributed by atoms with Gasteiger partial charge in [0.25, 0.3) is 0 Å². The van der Waals surface area contributed by atoms with Crippen molar-refractivity contribution in [3.8, 4) is 0 Å². The van der Waals surface area contributed by atoms with Crippen LogP contribution in [-0.4, -0.2) is 34.6 Å². The van der Waals surface area contributed by atoms with Crippen LogP contribution in [0.2, 0.25) is 0 Å². The summed E-state index contributed by atoms with van der Waals surface area (Å²) in [6.07, 6.45) is 7.07. The summed E-state index contributed by atoms with van der Waals surface area (Å²) in [6.45, 7) is 4.84. The van der Waals surface area contributed by atoms with Gasteiger partial charge in [0.05, 0.1) is 6.10 Å². The molecule has 2 aliphatic rings. The number of hydrogen-bond acceptors (Lipinski definition) is 2. The van der Waals surface area contributed by atoms with Crippen LogP contribution < -0.4 is 0 Å². The molecule has 0 spiro atoms. The Bertz CT molecular complexity index is 282. The quantitative estimate of drug-likeness (QED) is 0.821. The van der Waals surface area contributed by atoms with Crippen LogP contribution in [-0.2, 0) is 4.79 Å².